The average molecular weight is 308 g/mol. The van der Waals surface area contributed by atoms with Gasteiger partial charge in [-0.15, -0.1) is 5.10 Å². The second-order valence-corrected chi connectivity index (χ2v) is 5.52. The van der Waals surface area contributed by atoms with Crippen LogP contribution in [0.15, 0.2) is 42.5 Å². The Morgan fingerprint density at radius 1 is 1.13 bits per heavy atom. The first kappa shape index (κ1) is 15.2. The van der Waals surface area contributed by atoms with Crippen molar-refractivity contribution in [1.29, 1.82) is 0 Å². The number of hydrogen-bond donors (Lipinski definition) is 1. The van der Waals surface area contributed by atoms with Crippen molar-refractivity contribution < 1.29 is 4.74 Å². The minimum atomic E-state index is 0.331. The SMILES string of the molecule is COc1cccc(-c2c(CN)nnn2-c2cc(C)ccc2C)c1. The highest BCUT2D eigenvalue weighted by molar-refractivity contribution is 5.66. The first-order valence-corrected chi connectivity index (χ1v) is 7.50. The van der Waals surface area contributed by atoms with Crippen molar-refractivity contribution in [3.63, 3.8) is 0 Å². The van der Waals surface area contributed by atoms with E-state index in [9.17, 15) is 0 Å². The molecule has 0 saturated carbocycles. The van der Waals surface area contributed by atoms with Gasteiger partial charge in [-0.25, -0.2) is 4.68 Å². The molecule has 0 fully saturated rings. The van der Waals surface area contributed by atoms with Crippen molar-refractivity contribution in [3.8, 4) is 22.7 Å². The summed E-state index contributed by atoms with van der Waals surface area (Å²) in [6, 6.07) is 14.1. The zero-order chi connectivity index (χ0) is 16.4. The van der Waals surface area contributed by atoms with Crippen molar-refractivity contribution >= 4 is 0 Å². The molecule has 1 heterocycles. The predicted molar refractivity (Wildman–Crippen MR) is 90.7 cm³/mol. The largest absolute Gasteiger partial charge is 0.497 e. The van der Waals surface area contributed by atoms with Gasteiger partial charge in [0, 0.05) is 12.1 Å². The zero-order valence-electron chi connectivity index (χ0n) is 13.6. The van der Waals surface area contributed by atoms with E-state index in [1.807, 2.05) is 28.9 Å². The maximum atomic E-state index is 5.87. The molecule has 0 atom stereocenters. The molecule has 23 heavy (non-hydrogen) atoms. The second-order valence-electron chi connectivity index (χ2n) is 5.52. The molecule has 5 nitrogen and oxygen atoms in total. The van der Waals surface area contributed by atoms with Gasteiger partial charge in [-0.1, -0.05) is 29.5 Å². The van der Waals surface area contributed by atoms with Crippen molar-refractivity contribution in [2.24, 2.45) is 5.73 Å². The maximum absolute atomic E-state index is 5.87. The van der Waals surface area contributed by atoms with Crippen LogP contribution in [0, 0.1) is 13.8 Å². The van der Waals surface area contributed by atoms with Gasteiger partial charge < -0.3 is 10.5 Å². The van der Waals surface area contributed by atoms with Crippen LogP contribution in [0.3, 0.4) is 0 Å². The molecule has 0 bridgehead atoms. The highest BCUT2D eigenvalue weighted by Crippen LogP contribution is 2.29. The number of ether oxygens (including phenoxy) is 1. The van der Waals surface area contributed by atoms with E-state index in [0.717, 1.165) is 34.0 Å². The Labute approximate surface area is 135 Å². The summed E-state index contributed by atoms with van der Waals surface area (Å²) in [5.41, 5.74) is 11.8. The van der Waals surface area contributed by atoms with Crippen LogP contribution in [-0.4, -0.2) is 22.1 Å². The predicted octanol–water partition coefficient (Wildman–Crippen LogP) is 3.02. The van der Waals surface area contributed by atoms with Crippen LogP contribution in [0.25, 0.3) is 16.9 Å². The molecule has 2 aromatic carbocycles. The van der Waals surface area contributed by atoms with Crippen LogP contribution in [0.2, 0.25) is 0 Å². The van der Waals surface area contributed by atoms with Crippen molar-refractivity contribution in [1.82, 2.24) is 15.0 Å². The Kier molecular flexibility index (Phi) is 4.12. The molecule has 2 N–H and O–H groups in total. The number of aromatic nitrogens is 3. The quantitative estimate of drug-likeness (QED) is 0.804. The summed E-state index contributed by atoms with van der Waals surface area (Å²) in [5, 5.41) is 8.60. The third-order valence-electron chi connectivity index (χ3n) is 3.87. The third-order valence-corrected chi connectivity index (χ3v) is 3.87. The topological polar surface area (TPSA) is 66.0 Å². The van der Waals surface area contributed by atoms with E-state index in [4.69, 9.17) is 10.5 Å². The Morgan fingerprint density at radius 2 is 1.96 bits per heavy atom. The number of nitrogens with two attached hydrogens (primary N) is 1. The summed E-state index contributed by atoms with van der Waals surface area (Å²) in [4.78, 5) is 0. The number of benzene rings is 2. The molecule has 0 aliphatic heterocycles. The first-order chi connectivity index (χ1) is 11.1. The molecule has 0 amide bonds. The lowest BCUT2D eigenvalue weighted by Gasteiger charge is -2.12. The van der Waals surface area contributed by atoms with Gasteiger partial charge in [0.1, 0.15) is 11.4 Å². The second kappa shape index (κ2) is 6.22. The Morgan fingerprint density at radius 3 is 2.70 bits per heavy atom. The molecule has 0 radical (unpaired) electrons. The lowest BCUT2D eigenvalue weighted by Crippen LogP contribution is -2.04. The molecule has 1 aromatic heterocycles. The third kappa shape index (κ3) is 2.83. The lowest BCUT2D eigenvalue weighted by molar-refractivity contribution is 0.415. The standard InChI is InChI=1S/C18H20N4O/c1-12-7-8-13(2)17(9-12)22-18(16(11-19)20-21-22)14-5-4-6-15(10-14)23-3/h4-10H,11,19H2,1-3H3. The number of aryl methyl sites for hydroxylation is 2. The maximum Gasteiger partial charge on any atom is 0.119 e. The van der Waals surface area contributed by atoms with E-state index in [0.29, 0.717) is 6.54 Å². The molecule has 0 saturated heterocycles. The van der Waals surface area contributed by atoms with Gasteiger partial charge in [-0.3, -0.25) is 0 Å². The Hall–Kier alpha value is -2.66. The minimum absolute atomic E-state index is 0.331. The van der Waals surface area contributed by atoms with E-state index >= 15 is 0 Å². The van der Waals surface area contributed by atoms with Gasteiger partial charge in [0.2, 0.25) is 0 Å². The molecule has 0 unspecified atom stereocenters. The van der Waals surface area contributed by atoms with Gasteiger partial charge in [0.15, 0.2) is 0 Å². The van der Waals surface area contributed by atoms with E-state index in [1.54, 1.807) is 7.11 Å². The van der Waals surface area contributed by atoms with Crippen LogP contribution >= 0.6 is 0 Å². The fourth-order valence-corrected chi connectivity index (χ4v) is 2.63. The molecular formula is C18H20N4O. The highest BCUT2D eigenvalue weighted by Gasteiger charge is 2.17. The van der Waals surface area contributed by atoms with Gasteiger partial charge in [-0.2, -0.15) is 0 Å². The first-order valence-electron chi connectivity index (χ1n) is 7.50. The van der Waals surface area contributed by atoms with Crippen molar-refractivity contribution in [2.75, 3.05) is 7.11 Å². The van der Waals surface area contributed by atoms with E-state index < -0.39 is 0 Å². The van der Waals surface area contributed by atoms with E-state index in [-0.39, 0.29) is 0 Å². The van der Waals surface area contributed by atoms with Gasteiger partial charge in [-0.05, 0) is 43.2 Å². The van der Waals surface area contributed by atoms with Crippen LogP contribution in [0.5, 0.6) is 5.75 Å². The normalized spacial score (nSPS) is 10.8. The molecule has 5 heteroatoms. The van der Waals surface area contributed by atoms with E-state index in [1.165, 1.54) is 5.56 Å². The molecule has 3 aromatic rings. The summed E-state index contributed by atoms with van der Waals surface area (Å²) >= 11 is 0. The average Bonchev–Trinajstić information content (AvgIpc) is 3.01. The summed E-state index contributed by atoms with van der Waals surface area (Å²) in [6.45, 7) is 4.46. The Balaban J connectivity index is 2.23. The number of nitrogens with zero attached hydrogens (tertiary/aromatic N) is 3. The number of rotatable bonds is 4. The van der Waals surface area contributed by atoms with E-state index in [2.05, 4.69) is 42.4 Å². The Bertz CT molecular complexity index is 839. The van der Waals surface area contributed by atoms with Gasteiger partial charge >= 0.3 is 0 Å². The van der Waals surface area contributed by atoms with Gasteiger partial charge in [0.25, 0.3) is 0 Å². The number of hydrogen-bond acceptors (Lipinski definition) is 4. The summed E-state index contributed by atoms with van der Waals surface area (Å²) in [6.07, 6.45) is 0. The zero-order valence-corrected chi connectivity index (χ0v) is 13.6. The van der Waals surface area contributed by atoms with Crippen LogP contribution in [0.4, 0.5) is 0 Å². The smallest absolute Gasteiger partial charge is 0.119 e. The van der Waals surface area contributed by atoms with Gasteiger partial charge in [0.05, 0.1) is 18.5 Å². The van der Waals surface area contributed by atoms with Crippen molar-refractivity contribution in [3.05, 3.63) is 59.3 Å². The molecular weight excluding hydrogens is 288 g/mol. The molecule has 0 aliphatic rings. The van der Waals surface area contributed by atoms with Crippen LogP contribution in [-0.2, 0) is 6.54 Å². The van der Waals surface area contributed by atoms with Crippen LogP contribution < -0.4 is 10.5 Å². The monoisotopic (exact) mass is 308 g/mol. The summed E-state index contributed by atoms with van der Waals surface area (Å²) < 4.78 is 7.19. The fourth-order valence-electron chi connectivity index (χ4n) is 2.63. The fraction of sp³-hybridized carbons (Fsp3) is 0.222. The summed E-state index contributed by atoms with van der Waals surface area (Å²) in [5.74, 6) is 0.791. The summed E-state index contributed by atoms with van der Waals surface area (Å²) in [7, 11) is 1.66. The molecule has 3 rings (SSSR count). The molecule has 118 valence electrons. The van der Waals surface area contributed by atoms with Crippen molar-refractivity contribution in [2.45, 2.75) is 20.4 Å². The minimum Gasteiger partial charge on any atom is -0.497 e. The number of methoxy groups -OCH3 is 1. The molecule has 0 spiro atoms. The lowest BCUT2D eigenvalue weighted by atomic mass is 10.1. The van der Waals surface area contributed by atoms with Crippen LogP contribution in [0.1, 0.15) is 16.8 Å². The highest BCUT2D eigenvalue weighted by atomic mass is 16.5. The molecule has 0 aliphatic carbocycles.